The second kappa shape index (κ2) is 7.54. The highest BCUT2D eigenvalue weighted by atomic mass is 79.9. The average molecular weight is 355 g/mol. The molecule has 1 saturated carbocycles. The summed E-state index contributed by atoms with van der Waals surface area (Å²) in [6.45, 7) is 0.624. The molecule has 1 aromatic carbocycles. The molecule has 1 amide bonds. The Morgan fingerprint density at radius 3 is 2.71 bits per heavy atom. The van der Waals surface area contributed by atoms with Crippen LogP contribution in [0.5, 0.6) is 0 Å². The molecule has 6 heteroatoms. The van der Waals surface area contributed by atoms with Gasteiger partial charge in [-0.2, -0.15) is 0 Å². The van der Waals surface area contributed by atoms with Crippen LogP contribution in [-0.2, 0) is 0 Å². The van der Waals surface area contributed by atoms with Crippen molar-refractivity contribution in [1.29, 1.82) is 0 Å². The second-order valence-electron chi connectivity index (χ2n) is 5.44. The summed E-state index contributed by atoms with van der Waals surface area (Å²) in [5.74, 6) is 0.439. The fraction of sp³-hybridized carbons (Fsp3) is 0.533. The molecular weight excluding hydrogens is 336 g/mol. The smallest absolute Gasteiger partial charge is 0.284 e. The molecule has 0 saturated heterocycles. The number of hydrogen-bond acceptors (Lipinski definition) is 3. The topological polar surface area (TPSA) is 72.2 Å². The molecule has 1 fully saturated rings. The van der Waals surface area contributed by atoms with Crippen molar-refractivity contribution in [2.24, 2.45) is 5.92 Å². The quantitative estimate of drug-likeness (QED) is 0.640. The minimum absolute atomic E-state index is 0.0880. The van der Waals surface area contributed by atoms with E-state index in [9.17, 15) is 14.9 Å². The number of hydrogen-bond donors (Lipinski definition) is 1. The number of carbonyl (C=O) groups excluding carboxylic acids is 1. The molecule has 21 heavy (non-hydrogen) atoms. The van der Waals surface area contributed by atoms with Crippen LogP contribution in [0.15, 0.2) is 22.7 Å². The summed E-state index contributed by atoms with van der Waals surface area (Å²) >= 11 is 3.15. The number of rotatable bonds is 5. The average Bonchev–Trinajstić information content (AvgIpc) is 2.48. The lowest BCUT2D eigenvalue weighted by molar-refractivity contribution is -0.385. The molecule has 1 aromatic rings. The highest BCUT2D eigenvalue weighted by molar-refractivity contribution is 9.10. The van der Waals surface area contributed by atoms with Crippen LogP contribution in [0.2, 0.25) is 0 Å². The van der Waals surface area contributed by atoms with E-state index in [1.54, 1.807) is 6.07 Å². The van der Waals surface area contributed by atoms with Crippen molar-refractivity contribution in [1.82, 2.24) is 5.32 Å². The molecule has 0 heterocycles. The first kappa shape index (κ1) is 15.9. The van der Waals surface area contributed by atoms with Crippen LogP contribution >= 0.6 is 15.9 Å². The summed E-state index contributed by atoms with van der Waals surface area (Å²) in [7, 11) is 0. The molecule has 0 spiro atoms. The Bertz CT molecular complexity index is 528. The molecule has 0 aromatic heterocycles. The van der Waals surface area contributed by atoms with Crippen molar-refractivity contribution in [2.45, 2.75) is 38.5 Å². The maximum absolute atomic E-state index is 12.1. The van der Waals surface area contributed by atoms with Gasteiger partial charge in [0.25, 0.3) is 11.6 Å². The van der Waals surface area contributed by atoms with Crippen LogP contribution < -0.4 is 5.32 Å². The van der Waals surface area contributed by atoms with E-state index in [4.69, 9.17) is 0 Å². The number of nitrogens with one attached hydrogen (secondary N) is 1. The predicted molar refractivity (Wildman–Crippen MR) is 84.3 cm³/mol. The van der Waals surface area contributed by atoms with Crippen molar-refractivity contribution in [2.75, 3.05) is 6.54 Å². The molecule has 0 aliphatic heterocycles. The van der Waals surface area contributed by atoms with E-state index >= 15 is 0 Å². The van der Waals surface area contributed by atoms with Gasteiger partial charge in [0.1, 0.15) is 4.47 Å². The lowest BCUT2D eigenvalue weighted by Crippen LogP contribution is -2.26. The number of benzene rings is 1. The summed E-state index contributed by atoms with van der Waals surface area (Å²) in [6, 6.07) is 4.49. The molecule has 0 atom stereocenters. The number of nitro benzene ring substituents is 1. The maximum atomic E-state index is 12.1. The SMILES string of the molecule is O=C(NCCC1CCCCC1)c1cccc([N+](=O)[O-])c1Br. The van der Waals surface area contributed by atoms with Gasteiger partial charge in [0.15, 0.2) is 0 Å². The highest BCUT2D eigenvalue weighted by Crippen LogP contribution is 2.28. The molecule has 0 bridgehead atoms. The summed E-state index contributed by atoms with van der Waals surface area (Å²) in [5.41, 5.74) is 0.225. The number of halogens is 1. The lowest BCUT2D eigenvalue weighted by atomic mass is 9.87. The van der Waals surface area contributed by atoms with E-state index in [2.05, 4.69) is 21.2 Å². The Morgan fingerprint density at radius 2 is 2.05 bits per heavy atom. The molecule has 1 N–H and O–H groups in total. The van der Waals surface area contributed by atoms with E-state index in [1.165, 1.54) is 44.2 Å². The van der Waals surface area contributed by atoms with E-state index < -0.39 is 4.92 Å². The third-order valence-electron chi connectivity index (χ3n) is 3.98. The molecule has 1 aliphatic rings. The summed E-state index contributed by atoms with van der Waals surface area (Å²) < 4.78 is 0.241. The van der Waals surface area contributed by atoms with Crippen LogP contribution in [-0.4, -0.2) is 17.4 Å². The van der Waals surface area contributed by atoms with Gasteiger partial charge in [-0.3, -0.25) is 14.9 Å². The Labute approximate surface area is 132 Å². The first-order valence-electron chi connectivity index (χ1n) is 7.30. The Balaban J connectivity index is 1.91. The van der Waals surface area contributed by atoms with Gasteiger partial charge in [0.05, 0.1) is 10.5 Å². The summed E-state index contributed by atoms with van der Waals surface area (Å²) in [4.78, 5) is 22.5. The third kappa shape index (κ3) is 4.27. The van der Waals surface area contributed by atoms with Crippen molar-refractivity contribution < 1.29 is 9.72 Å². The fourth-order valence-electron chi connectivity index (χ4n) is 2.80. The van der Waals surface area contributed by atoms with Crippen LogP contribution in [0.3, 0.4) is 0 Å². The Hall–Kier alpha value is -1.43. The summed E-state index contributed by atoms with van der Waals surface area (Å²) in [6.07, 6.45) is 7.37. The highest BCUT2D eigenvalue weighted by Gasteiger charge is 2.19. The van der Waals surface area contributed by atoms with E-state index in [1.807, 2.05) is 0 Å². The normalized spacial score (nSPS) is 15.7. The van der Waals surface area contributed by atoms with E-state index in [0.717, 1.165) is 6.42 Å². The van der Waals surface area contributed by atoms with Gasteiger partial charge in [0, 0.05) is 12.6 Å². The zero-order chi connectivity index (χ0) is 15.2. The molecule has 2 rings (SSSR count). The minimum atomic E-state index is -0.497. The van der Waals surface area contributed by atoms with E-state index in [0.29, 0.717) is 18.0 Å². The lowest BCUT2D eigenvalue weighted by Gasteiger charge is -2.21. The number of nitro groups is 1. The van der Waals surface area contributed by atoms with Gasteiger partial charge in [-0.15, -0.1) is 0 Å². The number of carbonyl (C=O) groups is 1. The van der Waals surface area contributed by atoms with Crippen molar-refractivity contribution in [3.05, 3.63) is 38.3 Å². The monoisotopic (exact) mass is 354 g/mol. The van der Waals surface area contributed by atoms with Gasteiger partial charge >= 0.3 is 0 Å². The van der Waals surface area contributed by atoms with Crippen molar-refractivity contribution in [3.63, 3.8) is 0 Å². The number of nitrogens with zero attached hydrogens (tertiary/aromatic N) is 1. The van der Waals surface area contributed by atoms with Crippen LogP contribution in [0.1, 0.15) is 48.9 Å². The minimum Gasteiger partial charge on any atom is -0.352 e. The Morgan fingerprint density at radius 1 is 1.33 bits per heavy atom. The predicted octanol–water partition coefficient (Wildman–Crippen LogP) is 4.06. The molecule has 114 valence electrons. The third-order valence-corrected chi connectivity index (χ3v) is 4.82. The first-order valence-corrected chi connectivity index (χ1v) is 8.10. The van der Waals surface area contributed by atoms with Gasteiger partial charge in [0.2, 0.25) is 0 Å². The van der Waals surface area contributed by atoms with Gasteiger partial charge < -0.3 is 5.32 Å². The van der Waals surface area contributed by atoms with E-state index in [-0.39, 0.29) is 16.1 Å². The standard InChI is InChI=1S/C15H19BrN2O3/c16-14-12(7-4-8-13(14)18(20)21)15(19)17-10-9-11-5-2-1-3-6-11/h4,7-8,11H,1-3,5-6,9-10H2,(H,17,19). The summed E-state index contributed by atoms with van der Waals surface area (Å²) in [5, 5.41) is 13.7. The molecule has 5 nitrogen and oxygen atoms in total. The Kier molecular flexibility index (Phi) is 5.73. The first-order chi connectivity index (χ1) is 10.1. The van der Waals surface area contributed by atoms with Gasteiger partial charge in [-0.05, 0) is 34.3 Å². The van der Waals surface area contributed by atoms with Crippen LogP contribution in [0, 0.1) is 16.0 Å². The molecular formula is C15H19BrN2O3. The number of amides is 1. The molecule has 1 aliphatic carbocycles. The second-order valence-corrected chi connectivity index (χ2v) is 6.24. The van der Waals surface area contributed by atoms with Crippen LogP contribution in [0.25, 0.3) is 0 Å². The largest absolute Gasteiger partial charge is 0.352 e. The zero-order valence-electron chi connectivity index (χ0n) is 11.8. The van der Waals surface area contributed by atoms with Gasteiger partial charge in [-0.1, -0.05) is 38.2 Å². The van der Waals surface area contributed by atoms with Crippen molar-refractivity contribution >= 4 is 27.5 Å². The van der Waals surface area contributed by atoms with Crippen molar-refractivity contribution in [3.8, 4) is 0 Å². The van der Waals surface area contributed by atoms with Crippen LogP contribution in [0.4, 0.5) is 5.69 Å². The zero-order valence-corrected chi connectivity index (χ0v) is 13.4. The fourth-order valence-corrected chi connectivity index (χ4v) is 3.39. The molecule has 0 radical (unpaired) electrons. The molecule has 0 unspecified atom stereocenters. The van der Waals surface area contributed by atoms with Gasteiger partial charge in [-0.25, -0.2) is 0 Å². The maximum Gasteiger partial charge on any atom is 0.284 e.